The second-order valence-corrected chi connectivity index (χ2v) is 3.89. The topological polar surface area (TPSA) is 81.8 Å². The van der Waals surface area contributed by atoms with Gasteiger partial charge >= 0.3 is 5.69 Å². The molecule has 0 fully saturated rings. The second-order valence-electron chi connectivity index (χ2n) is 3.89. The summed E-state index contributed by atoms with van der Waals surface area (Å²) in [5.74, 6) is 0.537. The predicted octanol–water partition coefficient (Wildman–Crippen LogP) is 3.49. The van der Waals surface area contributed by atoms with Crippen molar-refractivity contribution in [3.8, 4) is 23.0 Å². The molecule has 6 nitrogen and oxygen atoms in total. The number of nitrogens with zero attached hydrogens (tertiary/aromatic N) is 1. The zero-order chi connectivity index (χ0) is 14.5. The van der Waals surface area contributed by atoms with Gasteiger partial charge in [0.05, 0.1) is 11.5 Å². The Balaban J connectivity index is 2.40. The van der Waals surface area contributed by atoms with Gasteiger partial charge in [-0.25, -0.2) is 0 Å². The van der Waals surface area contributed by atoms with Gasteiger partial charge in [0.15, 0.2) is 0 Å². The first-order valence-electron chi connectivity index (χ1n) is 5.99. The second kappa shape index (κ2) is 5.92. The highest BCUT2D eigenvalue weighted by Gasteiger charge is 2.22. The van der Waals surface area contributed by atoms with Crippen LogP contribution in [0.15, 0.2) is 42.5 Å². The SMILES string of the molecule is CCOc1cccc(Oc2cccc(O)c2)c1[N+](=O)[O-]. The molecule has 0 atom stereocenters. The van der Waals surface area contributed by atoms with Crippen molar-refractivity contribution in [3.63, 3.8) is 0 Å². The number of para-hydroxylation sites is 1. The van der Waals surface area contributed by atoms with Crippen molar-refractivity contribution in [3.05, 3.63) is 52.6 Å². The predicted molar refractivity (Wildman–Crippen MR) is 72.4 cm³/mol. The molecule has 0 aromatic heterocycles. The largest absolute Gasteiger partial charge is 0.508 e. The molecular weight excluding hydrogens is 262 g/mol. The number of benzene rings is 2. The fourth-order valence-corrected chi connectivity index (χ4v) is 1.71. The summed E-state index contributed by atoms with van der Waals surface area (Å²) in [4.78, 5) is 10.6. The Kier molecular flexibility index (Phi) is 4.05. The molecule has 0 saturated heterocycles. The lowest BCUT2D eigenvalue weighted by molar-refractivity contribution is -0.386. The zero-order valence-electron chi connectivity index (χ0n) is 10.8. The van der Waals surface area contributed by atoms with Crippen molar-refractivity contribution in [1.29, 1.82) is 0 Å². The van der Waals surface area contributed by atoms with Crippen molar-refractivity contribution < 1.29 is 19.5 Å². The summed E-state index contributed by atoms with van der Waals surface area (Å²) in [7, 11) is 0. The number of aromatic hydroxyl groups is 1. The van der Waals surface area contributed by atoms with Crippen LogP contribution in [0.1, 0.15) is 6.92 Å². The maximum absolute atomic E-state index is 11.2. The summed E-state index contributed by atoms with van der Waals surface area (Å²) in [6.07, 6.45) is 0. The molecule has 0 spiro atoms. The maximum Gasteiger partial charge on any atom is 0.352 e. The molecule has 6 heteroatoms. The highest BCUT2D eigenvalue weighted by Crippen LogP contribution is 2.39. The minimum atomic E-state index is -0.552. The molecule has 0 unspecified atom stereocenters. The number of nitro benzene ring substituents is 1. The molecule has 0 saturated carbocycles. The van der Waals surface area contributed by atoms with Crippen LogP contribution in [0.5, 0.6) is 23.0 Å². The lowest BCUT2D eigenvalue weighted by Crippen LogP contribution is -1.99. The Bertz CT molecular complexity index is 627. The summed E-state index contributed by atoms with van der Waals surface area (Å²) in [5, 5.41) is 20.5. The highest BCUT2D eigenvalue weighted by molar-refractivity contribution is 5.58. The quantitative estimate of drug-likeness (QED) is 0.667. The number of hydrogen-bond donors (Lipinski definition) is 1. The number of phenols is 1. The molecule has 1 N–H and O–H groups in total. The monoisotopic (exact) mass is 275 g/mol. The van der Waals surface area contributed by atoms with Crippen LogP contribution in [-0.4, -0.2) is 16.6 Å². The first kappa shape index (κ1) is 13.7. The fraction of sp³-hybridized carbons (Fsp3) is 0.143. The van der Waals surface area contributed by atoms with E-state index in [1.165, 1.54) is 24.3 Å². The molecular formula is C14H13NO5. The molecule has 0 radical (unpaired) electrons. The van der Waals surface area contributed by atoms with Gasteiger partial charge < -0.3 is 14.6 Å². The molecule has 0 aliphatic rings. The summed E-state index contributed by atoms with van der Waals surface area (Å²) < 4.78 is 10.7. The van der Waals surface area contributed by atoms with Gasteiger partial charge in [-0.15, -0.1) is 0 Å². The molecule has 2 rings (SSSR count). The van der Waals surface area contributed by atoms with E-state index in [1.54, 1.807) is 25.1 Å². The average molecular weight is 275 g/mol. The Labute approximate surface area is 115 Å². The standard InChI is InChI=1S/C14H13NO5/c1-2-19-12-7-4-8-13(14(12)15(17)18)20-11-6-3-5-10(16)9-11/h3-9,16H,2H2,1H3. The van der Waals surface area contributed by atoms with Gasteiger partial charge in [0.1, 0.15) is 11.5 Å². The molecule has 2 aromatic rings. The number of rotatable bonds is 5. The molecule has 0 bridgehead atoms. The lowest BCUT2D eigenvalue weighted by atomic mass is 10.2. The van der Waals surface area contributed by atoms with E-state index in [4.69, 9.17) is 9.47 Å². The minimum absolute atomic E-state index is 0.0196. The Morgan fingerprint density at radius 3 is 2.55 bits per heavy atom. The maximum atomic E-state index is 11.2. The van der Waals surface area contributed by atoms with Crippen molar-refractivity contribution in [2.45, 2.75) is 6.92 Å². The van der Waals surface area contributed by atoms with Crippen LogP contribution in [0.3, 0.4) is 0 Å². The van der Waals surface area contributed by atoms with Crippen LogP contribution < -0.4 is 9.47 Å². The summed E-state index contributed by atoms with van der Waals surface area (Å²) in [6.45, 7) is 2.06. The fourth-order valence-electron chi connectivity index (χ4n) is 1.71. The van der Waals surface area contributed by atoms with E-state index in [2.05, 4.69) is 0 Å². The Morgan fingerprint density at radius 2 is 1.90 bits per heavy atom. The van der Waals surface area contributed by atoms with Crippen molar-refractivity contribution in [2.75, 3.05) is 6.61 Å². The Hall–Kier alpha value is -2.76. The van der Waals surface area contributed by atoms with Gasteiger partial charge in [-0.05, 0) is 31.2 Å². The number of ether oxygens (including phenoxy) is 2. The molecule has 2 aromatic carbocycles. The van der Waals surface area contributed by atoms with Gasteiger partial charge in [-0.1, -0.05) is 12.1 Å². The summed E-state index contributed by atoms with van der Waals surface area (Å²) in [5.41, 5.74) is -0.238. The Morgan fingerprint density at radius 1 is 1.20 bits per heavy atom. The van der Waals surface area contributed by atoms with E-state index >= 15 is 0 Å². The lowest BCUT2D eigenvalue weighted by Gasteiger charge is -2.09. The molecule has 0 amide bonds. The number of phenolic OH excluding ortho intramolecular Hbond substituents is 1. The minimum Gasteiger partial charge on any atom is -0.508 e. The molecule has 0 aliphatic carbocycles. The third kappa shape index (κ3) is 2.97. The van der Waals surface area contributed by atoms with Gasteiger partial charge in [0.25, 0.3) is 0 Å². The molecule has 20 heavy (non-hydrogen) atoms. The smallest absolute Gasteiger partial charge is 0.352 e. The molecule has 104 valence electrons. The molecule has 0 heterocycles. The normalized spacial score (nSPS) is 10.1. The first-order chi connectivity index (χ1) is 9.61. The third-order valence-corrected chi connectivity index (χ3v) is 2.49. The van der Waals surface area contributed by atoms with E-state index < -0.39 is 4.92 Å². The zero-order valence-corrected chi connectivity index (χ0v) is 10.8. The van der Waals surface area contributed by atoms with Gasteiger partial charge in [0, 0.05) is 6.07 Å². The highest BCUT2D eigenvalue weighted by atomic mass is 16.6. The summed E-state index contributed by atoms with van der Waals surface area (Å²) in [6, 6.07) is 10.6. The van der Waals surface area contributed by atoms with Gasteiger partial charge in [-0.2, -0.15) is 0 Å². The number of nitro groups is 1. The number of hydrogen-bond acceptors (Lipinski definition) is 5. The average Bonchev–Trinajstić information content (AvgIpc) is 2.39. The van der Waals surface area contributed by atoms with E-state index in [0.29, 0.717) is 12.4 Å². The van der Waals surface area contributed by atoms with Crippen LogP contribution in [-0.2, 0) is 0 Å². The van der Waals surface area contributed by atoms with Crippen LogP contribution in [0, 0.1) is 10.1 Å². The van der Waals surface area contributed by atoms with Gasteiger partial charge in [0.2, 0.25) is 11.5 Å². The molecule has 0 aliphatic heterocycles. The van der Waals surface area contributed by atoms with Crippen molar-refractivity contribution in [1.82, 2.24) is 0 Å². The van der Waals surface area contributed by atoms with Crippen LogP contribution in [0.2, 0.25) is 0 Å². The van der Waals surface area contributed by atoms with Crippen molar-refractivity contribution in [2.24, 2.45) is 0 Å². The van der Waals surface area contributed by atoms with Gasteiger partial charge in [-0.3, -0.25) is 10.1 Å². The van der Waals surface area contributed by atoms with Crippen LogP contribution >= 0.6 is 0 Å². The summed E-state index contributed by atoms with van der Waals surface area (Å²) >= 11 is 0. The van der Waals surface area contributed by atoms with Crippen LogP contribution in [0.4, 0.5) is 5.69 Å². The van der Waals surface area contributed by atoms with Crippen LogP contribution in [0.25, 0.3) is 0 Å². The van der Waals surface area contributed by atoms with E-state index in [1.807, 2.05) is 0 Å². The van der Waals surface area contributed by atoms with E-state index in [-0.39, 0.29) is 22.9 Å². The van der Waals surface area contributed by atoms with E-state index in [9.17, 15) is 15.2 Å². The van der Waals surface area contributed by atoms with E-state index in [0.717, 1.165) is 0 Å². The third-order valence-electron chi connectivity index (χ3n) is 2.49. The first-order valence-corrected chi connectivity index (χ1v) is 5.99. The van der Waals surface area contributed by atoms with Crippen molar-refractivity contribution >= 4 is 5.69 Å².